The third kappa shape index (κ3) is 3.55. The van der Waals surface area contributed by atoms with Gasteiger partial charge in [0.2, 0.25) is 0 Å². The number of ether oxygens (including phenoxy) is 1. The molecule has 0 saturated carbocycles. The molecule has 3 rings (SSSR count). The molecule has 2 aromatic rings. The number of nitrogens with zero attached hydrogens (tertiary/aromatic N) is 1. The molecule has 0 fully saturated rings. The molecule has 1 amide bonds. The highest BCUT2D eigenvalue weighted by atomic mass is 16.6. The van der Waals surface area contributed by atoms with E-state index in [-0.39, 0.29) is 23.2 Å². The Hall–Kier alpha value is -3.09. The number of amides is 1. The zero-order valence-electron chi connectivity index (χ0n) is 14.0. The minimum Gasteiger partial charge on any atom is -0.487 e. The molecule has 0 saturated heterocycles. The molecule has 1 heterocycles. The second kappa shape index (κ2) is 6.08. The summed E-state index contributed by atoms with van der Waals surface area (Å²) >= 11 is 0. The van der Waals surface area contributed by atoms with E-state index in [9.17, 15) is 14.9 Å². The summed E-state index contributed by atoms with van der Waals surface area (Å²) in [5.74, 6) is 0.301. The van der Waals surface area contributed by atoms with Crippen molar-refractivity contribution in [1.29, 1.82) is 0 Å². The van der Waals surface area contributed by atoms with Gasteiger partial charge in [-0.3, -0.25) is 14.9 Å². The van der Waals surface area contributed by atoms with Crippen LogP contribution >= 0.6 is 0 Å². The summed E-state index contributed by atoms with van der Waals surface area (Å²) in [6.07, 6.45) is 0.560. The number of anilines is 1. The number of nitrogen functional groups attached to an aromatic ring is 1. The van der Waals surface area contributed by atoms with Crippen LogP contribution in [0.4, 0.5) is 11.4 Å². The summed E-state index contributed by atoms with van der Waals surface area (Å²) in [6.45, 7) is 3.89. The predicted octanol–water partition coefficient (Wildman–Crippen LogP) is 3.21. The van der Waals surface area contributed by atoms with Crippen molar-refractivity contribution < 1.29 is 14.5 Å². The van der Waals surface area contributed by atoms with E-state index in [1.54, 1.807) is 24.3 Å². The van der Waals surface area contributed by atoms with Crippen LogP contribution in [0.25, 0.3) is 0 Å². The van der Waals surface area contributed by atoms with Crippen LogP contribution in [0.5, 0.6) is 5.75 Å². The number of nitro groups is 1. The van der Waals surface area contributed by atoms with Crippen LogP contribution in [0, 0.1) is 10.1 Å². The van der Waals surface area contributed by atoms with E-state index in [0.717, 1.165) is 5.56 Å². The molecule has 1 aliphatic rings. The number of benzene rings is 2. The molecular weight excluding hydrogens is 322 g/mol. The van der Waals surface area contributed by atoms with Crippen LogP contribution in [-0.2, 0) is 0 Å². The molecule has 0 spiro atoms. The molecule has 1 atom stereocenters. The number of non-ortho nitro benzene ring substituents is 1. The molecule has 130 valence electrons. The van der Waals surface area contributed by atoms with Crippen LogP contribution in [0.15, 0.2) is 42.5 Å². The van der Waals surface area contributed by atoms with E-state index < -0.39 is 10.5 Å². The van der Waals surface area contributed by atoms with Gasteiger partial charge < -0.3 is 15.8 Å². The predicted molar refractivity (Wildman–Crippen MR) is 93.5 cm³/mol. The summed E-state index contributed by atoms with van der Waals surface area (Å²) in [5.41, 5.74) is 6.91. The van der Waals surface area contributed by atoms with Crippen LogP contribution in [-0.4, -0.2) is 16.4 Å². The number of nitrogens with one attached hydrogen (secondary N) is 1. The molecule has 1 unspecified atom stereocenters. The Labute approximate surface area is 144 Å². The smallest absolute Gasteiger partial charge is 0.270 e. The first-order chi connectivity index (χ1) is 11.7. The van der Waals surface area contributed by atoms with Gasteiger partial charge in [-0.15, -0.1) is 0 Å². The molecule has 1 aliphatic heterocycles. The third-order valence-electron chi connectivity index (χ3n) is 4.12. The largest absolute Gasteiger partial charge is 0.487 e. The Balaban J connectivity index is 1.89. The molecule has 0 aliphatic carbocycles. The Morgan fingerprint density at radius 1 is 1.32 bits per heavy atom. The van der Waals surface area contributed by atoms with Gasteiger partial charge in [0, 0.05) is 35.4 Å². The lowest BCUT2D eigenvalue weighted by molar-refractivity contribution is -0.384. The van der Waals surface area contributed by atoms with E-state index in [1.807, 2.05) is 13.8 Å². The van der Waals surface area contributed by atoms with Crippen LogP contribution in [0.1, 0.15) is 42.2 Å². The summed E-state index contributed by atoms with van der Waals surface area (Å²) in [4.78, 5) is 23.0. The summed E-state index contributed by atoms with van der Waals surface area (Å²) in [5, 5.41) is 13.8. The van der Waals surface area contributed by atoms with E-state index in [0.29, 0.717) is 17.9 Å². The zero-order valence-corrected chi connectivity index (χ0v) is 14.0. The molecule has 7 heteroatoms. The fourth-order valence-corrected chi connectivity index (χ4v) is 3.00. The Morgan fingerprint density at radius 3 is 2.80 bits per heavy atom. The zero-order chi connectivity index (χ0) is 18.2. The molecule has 0 radical (unpaired) electrons. The third-order valence-corrected chi connectivity index (χ3v) is 4.12. The van der Waals surface area contributed by atoms with Gasteiger partial charge in [0.15, 0.2) is 0 Å². The number of hydrogen-bond acceptors (Lipinski definition) is 5. The quantitative estimate of drug-likeness (QED) is 0.506. The first-order valence-electron chi connectivity index (χ1n) is 7.89. The number of nitro benzene ring substituents is 1. The highest BCUT2D eigenvalue weighted by molar-refractivity contribution is 5.95. The number of rotatable bonds is 3. The van der Waals surface area contributed by atoms with E-state index in [1.165, 1.54) is 18.2 Å². The van der Waals surface area contributed by atoms with Crippen molar-refractivity contribution in [3.8, 4) is 5.75 Å². The van der Waals surface area contributed by atoms with Crippen molar-refractivity contribution in [3.63, 3.8) is 0 Å². The van der Waals surface area contributed by atoms with Gasteiger partial charge in [-0.2, -0.15) is 0 Å². The van der Waals surface area contributed by atoms with E-state index >= 15 is 0 Å². The van der Waals surface area contributed by atoms with Gasteiger partial charge in [-0.25, -0.2) is 0 Å². The van der Waals surface area contributed by atoms with Gasteiger partial charge in [-0.1, -0.05) is 6.07 Å². The van der Waals surface area contributed by atoms with Gasteiger partial charge in [-0.05, 0) is 38.1 Å². The lowest BCUT2D eigenvalue weighted by Gasteiger charge is -2.38. The molecule has 0 aromatic heterocycles. The van der Waals surface area contributed by atoms with Crippen LogP contribution < -0.4 is 15.8 Å². The van der Waals surface area contributed by atoms with Crippen LogP contribution in [0.3, 0.4) is 0 Å². The highest BCUT2D eigenvalue weighted by Gasteiger charge is 2.34. The van der Waals surface area contributed by atoms with Crippen molar-refractivity contribution in [2.75, 3.05) is 5.73 Å². The summed E-state index contributed by atoms with van der Waals surface area (Å²) < 4.78 is 5.95. The number of fused-ring (bicyclic) bond motifs is 1. The van der Waals surface area contributed by atoms with E-state index in [2.05, 4.69) is 5.32 Å². The molecule has 0 bridgehead atoms. The number of nitrogens with two attached hydrogens (primary N) is 1. The standard InChI is InChI=1S/C18H19N3O4/c1-18(2)10-15(14-9-12(19)6-7-16(14)25-18)20-17(22)11-4-3-5-13(8-11)21(23)24/h3-9,15H,10,19H2,1-2H3,(H,20,22). The lowest BCUT2D eigenvalue weighted by atomic mass is 9.89. The molecule has 3 N–H and O–H groups in total. The summed E-state index contributed by atoms with van der Waals surface area (Å²) in [6, 6.07) is 10.7. The number of hydrogen-bond donors (Lipinski definition) is 2. The van der Waals surface area contributed by atoms with Crippen molar-refractivity contribution in [2.24, 2.45) is 0 Å². The second-order valence-electron chi connectivity index (χ2n) is 6.70. The Kier molecular flexibility index (Phi) is 4.08. The first-order valence-corrected chi connectivity index (χ1v) is 7.89. The van der Waals surface area contributed by atoms with Crippen molar-refractivity contribution >= 4 is 17.3 Å². The van der Waals surface area contributed by atoms with E-state index in [4.69, 9.17) is 10.5 Å². The number of carbonyl (C=O) groups excluding carboxylic acids is 1. The minimum atomic E-state index is -0.523. The monoisotopic (exact) mass is 341 g/mol. The SMILES string of the molecule is CC1(C)CC(NC(=O)c2cccc([N+](=O)[O-])c2)c2cc(N)ccc2O1. The molecular formula is C18H19N3O4. The van der Waals surface area contributed by atoms with Crippen LogP contribution in [0.2, 0.25) is 0 Å². The van der Waals surface area contributed by atoms with Crippen molar-refractivity contribution in [2.45, 2.75) is 31.9 Å². The summed E-state index contributed by atoms with van der Waals surface area (Å²) in [7, 11) is 0. The lowest BCUT2D eigenvalue weighted by Crippen LogP contribution is -2.41. The molecule has 2 aromatic carbocycles. The highest BCUT2D eigenvalue weighted by Crippen LogP contribution is 2.40. The fraction of sp³-hybridized carbons (Fsp3) is 0.278. The average molecular weight is 341 g/mol. The fourth-order valence-electron chi connectivity index (χ4n) is 3.00. The Bertz CT molecular complexity index is 848. The maximum absolute atomic E-state index is 12.6. The molecule has 7 nitrogen and oxygen atoms in total. The molecule has 25 heavy (non-hydrogen) atoms. The van der Waals surface area contributed by atoms with Gasteiger partial charge in [0.1, 0.15) is 11.4 Å². The normalized spacial score (nSPS) is 17.9. The van der Waals surface area contributed by atoms with Gasteiger partial charge in [0.25, 0.3) is 11.6 Å². The second-order valence-corrected chi connectivity index (χ2v) is 6.70. The number of carbonyl (C=O) groups is 1. The maximum atomic E-state index is 12.6. The minimum absolute atomic E-state index is 0.121. The average Bonchev–Trinajstić information content (AvgIpc) is 2.55. The van der Waals surface area contributed by atoms with Crippen molar-refractivity contribution in [1.82, 2.24) is 5.32 Å². The van der Waals surface area contributed by atoms with Gasteiger partial charge >= 0.3 is 0 Å². The topological polar surface area (TPSA) is 107 Å². The maximum Gasteiger partial charge on any atom is 0.270 e. The first kappa shape index (κ1) is 16.8. The Morgan fingerprint density at radius 2 is 2.08 bits per heavy atom. The van der Waals surface area contributed by atoms with Gasteiger partial charge in [0.05, 0.1) is 11.0 Å². The van der Waals surface area contributed by atoms with Crippen molar-refractivity contribution in [3.05, 3.63) is 63.7 Å².